The minimum absolute atomic E-state index is 0.0544. The van der Waals surface area contributed by atoms with Gasteiger partial charge in [-0.2, -0.15) is 5.10 Å². The summed E-state index contributed by atoms with van der Waals surface area (Å²) >= 11 is 0. The first-order valence-corrected chi connectivity index (χ1v) is 6.12. The summed E-state index contributed by atoms with van der Waals surface area (Å²) in [5.41, 5.74) is 13.5. The van der Waals surface area contributed by atoms with Gasteiger partial charge in [0, 0.05) is 0 Å². The highest BCUT2D eigenvalue weighted by atomic mass is 16.6. The zero-order valence-electron chi connectivity index (χ0n) is 11.3. The lowest BCUT2D eigenvalue weighted by Gasteiger charge is -2.03. The molecular weight excluding hydrogens is 256 g/mol. The third-order valence-corrected chi connectivity index (χ3v) is 2.73. The molecule has 20 heavy (non-hydrogen) atoms. The Morgan fingerprint density at radius 3 is 2.50 bits per heavy atom. The van der Waals surface area contributed by atoms with Crippen molar-refractivity contribution in [3.05, 3.63) is 41.1 Å². The standard InChI is InChI=1S/C13H16N6O/c1-8(2)10-5-3-9(4-6-10)7-16-17-12(14)11-13(15)19-20-18-11/h3-8H,1-2H3,(H2,14,17)(H2,15,19)/b16-7-. The number of amidine groups is 1. The number of nitrogen functional groups attached to an aromatic ring is 1. The normalized spacial score (nSPS) is 12.4. The molecule has 2 rings (SSSR count). The fraction of sp³-hybridized carbons (Fsp3) is 0.231. The van der Waals surface area contributed by atoms with Crippen LogP contribution in [-0.2, 0) is 0 Å². The molecule has 4 N–H and O–H groups in total. The van der Waals surface area contributed by atoms with Crippen LogP contribution in [0.15, 0.2) is 39.1 Å². The maximum atomic E-state index is 5.66. The number of rotatable bonds is 4. The van der Waals surface area contributed by atoms with Crippen molar-refractivity contribution in [1.29, 1.82) is 0 Å². The quantitative estimate of drug-likeness (QED) is 0.497. The molecule has 0 fully saturated rings. The van der Waals surface area contributed by atoms with Gasteiger partial charge in [0.05, 0.1) is 6.21 Å². The van der Waals surface area contributed by atoms with Gasteiger partial charge in [0.1, 0.15) is 0 Å². The summed E-state index contributed by atoms with van der Waals surface area (Å²) in [5, 5.41) is 14.6. The molecule has 0 spiro atoms. The number of hydrogen-bond acceptors (Lipinski definition) is 6. The van der Waals surface area contributed by atoms with Gasteiger partial charge in [0.2, 0.25) is 0 Å². The van der Waals surface area contributed by atoms with Crippen LogP contribution in [-0.4, -0.2) is 22.4 Å². The number of aromatic nitrogens is 2. The Hall–Kier alpha value is -2.70. The van der Waals surface area contributed by atoms with E-state index >= 15 is 0 Å². The second-order valence-electron chi connectivity index (χ2n) is 4.55. The van der Waals surface area contributed by atoms with Gasteiger partial charge in [-0.3, -0.25) is 0 Å². The molecule has 7 nitrogen and oxygen atoms in total. The SMILES string of the molecule is CC(C)c1ccc(/C=N\N=C(\N)c2nonc2N)cc1. The fourth-order valence-corrected chi connectivity index (χ4v) is 1.55. The van der Waals surface area contributed by atoms with E-state index < -0.39 is 0 Å². The third kappa shape index (κ3) is 3.19. The predicted molar refractivity (Wildman–Crippen MR) is 77.6 cm³/mol. The van der Waals surface area contributed by atoms with Crippen molar-refractivity contribution in [2.45, 2.75) is 19.8 Å². The highest BCUT2D eigenvalue weighted by Gasteiger charge is 2.09. The number of benzene rings is 1. The van der Waals surface area contributed by atoms with E-state index in [4.69, 9.17) is 11.5 Å². The van der Waals surface area contributed by atoms with Crippen LogP contribution in [0.2, 0.25) is 0 Å². The highest BCUT2D eigenvalue weighted by molar-refractivity contribution is 5.99. The van der Waals surface area contributed by atoms with E-state index in [0.29, 0.717) is 5.92 Å². The Morgan fingerprint density at radius 2 is 1.95 bits per heavy atom. The first-order chi connectivity index (χ1) is 9.58. The molecule has 0 amide bonds. The molecule has 0 aliphatic carbocycles. The Kier molecular flexibility index (Phi) is 4.09. The summed E-state index contributed by atoms with van der Waals surface area (Å²) in [7, 11) is 0. The average molecular weight is 272 g/mol. The molecule has 0 aliphatic rings. The van der Waals surface area contributed by atoms with E-state index in [2.05, 4.69) is 51.1 Å². The van der Waals surface area contributed by atoms with Gasteiger partial charge in [-0.15, -0.1) is 5.10 Å². The molecule has 104 valence electrons. The van der Waals surface area contributed by atoms with Crippen molar-refractivity contribution in [3.63, 3.8) is 0 Å². The van der Waals surface area contributed by atoms with E-state index in [1.165, 1.54) is 5.56 Å². The lowest BCUT2D eigenvalue weighted by atomic mass is 10.0. The second kappa shape index (κ2) is 5.96. The molecular formula is C13H16N6O. The molecule has 1 aromatic carbocycles. The van der Waals surface area contributed by atoms with Crippen molar-refractivity contribution < 1.29 is 4.63 Å². The Labute approximate surface area is 116 Å². The molecule has 1 heterocycles. The topological polar surface area (TPSA) is 116 Å². The van der Waals surface area contributed by atoms with Gasteiger partial charge in [-0.25, -0.2) is 4.63 Å². The molecule has 0 saturated carbocycles. The molecule has 7 heteroatoms. The second-order valence-corrected chi connectivity index (χ2v) is 4.55. The lowest BCUT2D eigenvalue weighted by molar-refractivity contribution is 0.308. The molecule has 0 saturated heterocycles. The van der Waals surface area contributed by atoms with E-state index in [1.807, 2.05) is 12.1 Å². The molecule has 0 atom stereocenters. The van der Waals surface area contributed by atoms with E-state index in [9.17, 15) is 0 Å². The maximum absolute atomic E-state index is 5.66. The van der Waals surface area contributed by atoms with Gasteiger partial charge in [0.15, 0.2) is 17.3 Å². The third-order valence-electron chi connectivity index (χ3n) is 2.73. The Morgan fingerprint density at radius 1 is 1.25 bits per heavy atom. The van der Waals surface area contributed by atoms with Gasteiger partial charge < -0.3 is 11.5 Å². The van der Waals surface area contributed by atoms with Gasteiger partial charge >= 0.3 is 0 Å². The zero-order valence-corrected chi connectivity index (χ0v) is 11.3. The average Bonchev–Trinajstić information content (AvgIpc) is 2.85. The van der Waals surface area contributed by atoms with Crippen LogP contribution < -0.4 is 11.5 Å². The van der Waals surface area contributed by atoms with Crippen LogP contribution in [0.1, 0.15) is 36.6 Å². The molecule has 0 aliphatic heterocycles. The molecule has 0 unspecified atom stereocenters. The number of anilines is 1. The number of hydrogen-bond donors (Lipinski definition) is 2. The predicted octanol–water partition coefficient (Wildman–Crippen LogP) is 1.51. The van der Waals surface area contributed by atoms with Crippen LogP contribution in [0.5, 0.6) is 0 Å². The van der Waals surface area contributed by atoms with E-state index in [0.717, 1.165) is 5.56 Å². The minimum atomic E-state index is 0.0544. The van der Waals surface area contributed by atoms with Crippen LogP contribution in [0, 0.1) is 0 Å². The summed E-state index contributed by atoms with van der Waals surface area (Å²) in [6.45, 7) is 4.29. The van der Waals surface area contributed by atoms with Crippen LogP contribution >= 0.6 is 0 Å². The van der Waals surface area contributed by atoms with Gasteiger partial charge in [-0.05, 0) is 27.4 Å². The Balaban J connectivity index is 2.08. The smallest absolute Gasteiger partial charge is 0.199 e. The number of nitrogens with zero attached hydrogens (tertiary/aromatic N) is 4. The van der Waals surface area contributed by atoms with Crippen molar-refractivity contribution in [1.82, 2.24) is 10.3 Å². The van der Waals surface area contributed by atoms with Crippen molar-refractivity contribution in [3.8, 4) is 0 Å². The summed E-state index contributed by atoms with van der Waals surface area (Å²) in [6.07, 6.45) is 1.60. The monoisotopic (exact) mass is 272 g/mol. The first kappa shape index (κ1) is 13.7. The van der Waals surface area contributed by atoms with Crippen molar-refractivity contribution >= 4 is 17.9 Å². The van der Waals surface area contributed by atoms with Crippen LogP contribution in [0.4, 0.5) is 5.82 Å². The number of nitrogens with two attached hydrogens (primary N) is 2. The summed E-state index contributed by atoms with van der Waals surface area (Å²) in [5.74, 6) is 0.638. The van der Waals surface area contributed by atoms with E-state index in [-0.39, 0.29) is 17.3 Å². The first-order valence-electron chi connectivity index (χ1n) is 6.12. The minimum Gasteiger partial charge on any atom is -0.380 e. The summed E-state index contributed by atoms with van der Waals surface area (Å²) in [4.78, 5) is 0. The highest BCUT2D eigenvalue weighted by Crippen LogP contribution is 2.13. The molecule has 1 aromatic heterocycles. The Bertz CT molecular complexity index is 627. The van der Waals surface area contributed by atoms with Crippen molar-refractivity contribution in [2.24, 2.45) is 15.9 Å². The largest absolute Gasteiger partial charge is 0.380 e. The zero-order chi connectivity index (χ0) is 14.5. The maximum Gasteiger partial charge on any atom is 0.199 e. The van der Waals surface area contributed by atoms with E-state index in [1.54, 1.807) is 6.21 Å². The molecule has 0 bridgehead atoms. The van der Waals surface area contributed by atoms with Gasteiger partial charge in [0.25, 0.3) is 0 Å². The summed E-state index contributed by atoms with van der Waals surface area (Å²) in [6, 6.07) is 8.05. The molecule has 0 radical (unpaired) electrons. The van der Waals surface area contributed by atoms with Crippen LogP contribution in [0.25, 0.3) is 0 Å². The molecule has 2 aromatic rings. The lowest BCUT2D eigenvalue weighted by Crippen LogP contribution is -2.15. The fourth-order valence-electron chi connectivity index (χ4n) is 1.55. The summed E-state index contributed by atoms with van der Waals surface area (Å²) < 4.78 is 4.43. The van der Waals surface area contributed by atoms with Crippen molar-refractivity contribution in [2.75, 3.05) is 5.73 Å². The van der Waals surface area contributed by atoms with Gasteiger partial charge in [-0.1, -0.05) is 38.1 Å². The van der Waals surface area contributed by atoms with Crippen LogP contribution in [0.3, 0.4) is 0 Å².